The number of aromatic nitrogens is 3. The van der Waals surface area contributed by atoms with Crippen LogP contribution < -0.4 is 5.32 Å². The second kappa shape index (κ2) is 4.50. The Labute approximate surface area is 104 Å². The van der Waals surface area contributed by atoms with E-state index in [1.807, 2.05) is 7.05 Å². The quantitative estimate of drug-likeness (QED) is 0.882. The average Bonchev–Trinajstić information content (AvgIpc) is 2.83. The van der Waals surface area contributed by atoms with Gasteiger partial charge in [0.05, 0.1) is 11.9 Å². The normalized spacial score (nSPS) is 19.0. The maximum absolute atomic E-state index is 4.70. The Morgan fingerprint density at radius 1 is 1.41 bits per heavy atom. The highest BCUT2D eigenvalue weighted by Gasteiger charge is 2.23. The van der Waals surface area contributed by atoms with Crippen molar-refractivity contribution in [1.82, 2.24) is 20.3 Å². The van der Waals surface area contributed by atoms with Gasteiger partial charge in [0.15, 0.2) is 0 Å². The Morgan fingerprint density at radius 3 is 3.12 bits per heavy atom. The minimum absolute atomic E-state index is 0.460. The number of hydrogen-bond acceptors (Lipinski definition) is 5. The summed E-state index contributed by atoms with van der Waals surface area (Å²) in [6.45, 7) is 0. The third-order valence-electron chi connectivity index (χ3n) is 3.08. The van der Waals surface area contributed by atoms with Crippen LogP contribution in [0.5, 0.6) is 0 Å². The van der Waals surface area contributed by atoms with Crippen molar-refractivity contribution in [3.05, 3.63) is 29.2 Å². The van der Waals surface area contributed by atoms with Gasteiger partial charge in [-0.15, -0.1) is 11.3 Å². The predicted molar refractivity (Wildman–Crippen MR) is 67.9 cm³/mol. The maximum atomic E-state index is 4.70. The first-order chi connectivity index (χ1) is 8.38. The summed E-state index contributed by atoms with van der Waals surface area (Å²) in [5.41, 5.74) is 2.11. The highest BCUT2D eigenvalue weighted by molar-refractivity contribution is 7.15. The van der Waals surface area contributed by atoms with Gasteiger partial charge in [-0.1, -0.05) is 0 Å². The number of nitrogens with one attached hydrogen (secondary N) is 1. The van der Waals surface area contributed by atoms with Crippen molar-refractivity contribution in [3.63, 3.8) is 0 Å². The smallest absolute Gasteiger partial charge is 0.144 e. The molecule has 1 N–H and O–H groups in total. The lowest BCUT2D eigenvalue weighted by molar-refractivity contribution is 0.501. The third-order valence-corrected chi connectivity index (χ3v) is 4.32. The minimum Gasteiger partial charge on any atom is -0.312 e. The Kier molecular flexibility index (Phi) is 2.86. The van der Waals surface area contributed by atoms with E-state index in [1.54, 1.807) is 29.9 Å². The molecule has 17 heavy (non-hydrogen) atoms. The molecule has 2 aromatic heterocycles. The van der Waals surface area contributed by atoms with Crippen molar-refractivity contribution in [3.8, 4) is 10.7 Å². The van der Waals surface area contributed by atoms with E-state index in [9.17, 15) is 0 Å². The molecular formula is C12H14N4S. The molecule has 0 radical (unpaired) electrons. The molecule has 2 heterocycles. The molecule has 2 aromatic rings. The number of rotatable bonds is 2. The van der Waals surface area contributed by atoms with Gasteiger partial charge < -0.3 is 5.32 Å². The van der Waals surface area contributed by atoms with Crippen LogP contribution in [0.3, 0.4) is 0 Å². The fourth-order valence-electron chi connectivity index (χ4n) is 2.21. The van der Waals surface area contributed by atoms with E-state index in [0.29, 0.717) is 6.04 Å². The summed E-state index contributed by atoms with van der Waals surface area (Å²) in [4.78, 5) is 14.5. The van der Waals surface area contributed by atoms with Crippen molar-refractivity contribution in [1.29, 1.82) is 0 Å². The Hall–Kier alpha value is -1.33. The van der Waals surface area contributed by atoms with Crippen molar-refractivity contribution in [2.45, 2.75) is 25.3 Å². The summed E-state index contributed by atoms with van der Waals surface area (Å²) in [5.74, 6) is 0. The van der Waals surface area contributed by atoms with Gasteiger partial charge in [-0.05, 0) is 26.3 Å². The fraction of sp³-hybridized carbons (Fsp3) is 0.417. The lowest BCUT2D eigenvalue weighted by atomic mass is 9.98. The molecule has 0 spiro atoms. The monoisotopic (exact) mass is 246 g/mol. The Balaban J connectivity index is 2.02. The van der Waals surface area contributed by atoms with E-state index >= 15 is 0 Å². The summed E-state index contributed by atoms with van der Waals surface area (Å²) < 4.78 is 0. The standard InChI is InChI=1S/C12H14N4S/c1-13-8-3-2-4-9-11(8)17-12(16-9)10-7-14-5-6-15-10/h5-8,13H,2-4H2,1H3. The Bertz CT molecular complexity index is 508. The molecule has 1 aliphatic rings. The van der Waals surface area contributed by atoms with Crippen LogP contribution >= 0.6 is 11.3 Å². The van der Waals surface area contributed by atoms with E-state index < -0.39 is 0 Å². The van der Waals surface area contributed by atoms with Gasteiger partial charge in [-0.2, -0.15) is 0 Å². The largest absolute Gasteiger partial charge is 0.312 e. The molecule has 0 amide bonds. The molecule has 1 aliphatic carbocycles. The first-order valence-electron chi connectivity index (χ1n) is 5.81. The van der Waals surface area contributed by atoms with Gasteiger partial charge in [-0.25, -0.2) is 4.98 Å². The van der Waals surface area contributed by atoms with Gasteiger partial charge in [-0.3, -0.25) is 9.97 Å². The highest BCUT2D eigenvalue weighted by atomic mass is 32.1. The van der Waals surface area contributed by atoms with Gasteiger partial charge in [0, 0.05) is 23.3 Å². The molecule has 0 saturated heterocycles. The molecule has 5 heteroatoms. The summed E-state index contributed by atoms with van der Waals surface area (Å²) in [6, 6.07) is 0.460. The van der Waals surface area contributed by atoms with Crippen LogP contribution in [-0.4, -0.2) is 22.0 Å². The van der Waals surface area contributed by atoms with Crippen molar-refractivity contribution in [2.75, 3.05) is 7.05 Å². The van der Waals surface area contributed by atoms with E-state index in [2.05, 4.69) is 15.3 Å². The van der Waals surface area contributed by atoms with Crippen LogP contribution in [0, 0.1) is 0 Å². The van der Waals surface area contributed by atoms with Gasteiger partial charge >= 0.3 is 0 Å². The van der Waals surface area contributed by atoms with Gasteiger partial charge in [0.25, 0.3) is 0 Å². The first-order valence-corrected chi connectivity index (χ1v) is 6.63. The number of fused-ring (bicyclic) bond motifs is 1. The molecule has 88 valence electrons. The highest BCUT2D eigenvalue weighted by Crippen LogP contribution is 2.36. The summed E-state index contributed by atoms with van der Waals surface area (Å²) >= 11 is 1.74. The molecule has 3 rings (SSSR count). The molecule has 0 saturated carbocycles. The van der Waals surface area contributed by atoms with E-state index in [4.69, 9.17) is 4.98 Å². The number of nitrogens with zero attached hydrogens (tertiary/aromatic N) is 3. The predicted octanol–water partition coefficient (Wildman–Crippen LogP) is 2.20. The topological polar surface area (TPSA) is 50.7 Å². The molecule has 1 atom stereocenters. The van der Waals surface area contributed by atoms with Gasteiger partial charge in [0.2, 0.25) is 0 Å². The van der Waals surface area contributed by atoms with Crippen LogP contribution in [0.25, 0.3) is 10.7 Å². The van der Waals surface area contributed by atoms with Crippen LogP contribution in [0.4, 0.5) is 0 Å². The number of thiazole rings is 1. The summed E-state index contributed by atoms with van der Waals surface area (Å²) in [5, 5.41) is 4.35. The molecule has 1 unspecified atom stereocenters. The first kappa shape index (κ1) is 10.8. The SMILES string of the molecule is CNC1CCCc2nc(-c3cnccn3)sc21. The molecular weight excluding hydrogens is 232 g/mol. The average molecular weight is 246 g/mol. The van der Waals surface area contributed by atoms with Crippen LogP contribution in [0.2, 0.25) is 0 Å². The van der Waals surface area contributed by atoms with Crippen LogP contribution in [0.15, 0.2) is 18.6 Å². The lowest BCUT2D eigenvalue weighted by Crippen LogP contribution is -2.19. The lowest BCUT2D eigenvalue weighted by Gasteiger charge is -2.19. The van der Waals surface area contributed by atoms with Crippen molar-refractivity contribution >= 4 is 11.3 Å². The third kappa shape index (κ3) is 1.96. The number of hydrogen-bond donors (Lipinski definition) is 1. The number of aryl methyl sites for hydroxylation is 1. The van der Waals surface area contributed by atoms with Crippen molar-refractivity contribution in [2.24, 2.45) is 0 Å². The second-order valence-electron chi connectivity index (χ2n) is 4.15. The second-order valence-corrected chi connectivity index (χ2v) is 5.18. The van der Waals surface area contributed by atoms with Crippen LogP contribution in [0.1, 0.15) is 29.5 Å². The molecule has 0 aromatic carbocycles. The summed E-state index contributed by atoms with van der Waals surface area (Å²) in [7, 11) is 2.02. The zero-order valence-electron chi connectivity index (χ0n) is 9.68. The molecule has 0 bridgehead atoms. The molecule has 0 fully saturated rings. The zero-order valence-corrected chi connectivity index (χ0v) is 10.5. The minimum atomic E-state index is 0.460. The van der Waals surface area contributed by atoms with Crippen LogP contribution in [-0.2, 0) is 6.42 Å². The Morgan fingerprint density at radius 2 is 2.35 bits per heavy atom. The molecule has 4 nitrogen and oxygen atoms in total. The fourth-order valence-corrected chi connectivity index (χ4v) is 3.43. The maximum Gasteiger partial charge on any atom is 0.144 e. The van der Waals surface area contributed by atoms with Crippen molar-refractivity contribution < 1.29 is 0 Å². The van der Waals surface area contributed by atoms with E-state index in [0.717, 1.165) is 17.1 Å². The summed E-state index contributed by atoms with van der Waals surface area (Å²) in [6.07, 6.45) is 8.68. The van der Waals surface area contributed by atoms with Gasteiger partial charge in [0.1, 0.15) is 10.7 Å². The van der Waals surface area contributed by atoms with E-state index in [-0.39, 0.29) is 0 Å². The zero-order chi connectivity index (χ0) is 11.7. The molecule has 0 aliphatic heterocycles. The van der Waals surface area contributed by atoms with E-state index in [1.165, 1.54) is 23.4 Å².